The van der Waals surface area contributed by atoms with Crippen LogP contribution in [0.4, 0.5) is 5.13 Å². The molecule has 1 amide bonds. The van der Waals surface area contributed by atoms with Gasteiger partial charge in [0.05, 0.1) is 0 Å². The summed E-state index contributed by atoms with van der Waals surface area (Å²) >= 11 is 1.53. The van der Waals surface area contributed by atoms with Gasteiger partial charge in [-0.3, -0.25) is 4.79 Å². The third-order valence-electron chi connectivity index (χ3n) is 3.49. The molecule has 0 radical (unpaired) electrons. The topological polar surface area (TPSA) is 46.9 Å². The molecular weight excluding hydrogens is 282 g/mol. The zero-order valence-electron chi connectivity index (χ0n) is 12.1. The van der Waals surface area contributed by atoms with Gasteiger partial charge in [0.15, 0.2) is 5.13 Å². The second-order valence-electron chi connectivity index (χ2n) is 4.98. The van der Waals surface area contributed by atoms with Gasteiger partial charge in [-0.05, 0) is 31.0 Å². The summed E-state index contributed by atoms with van der Waals surface area (Å²) in [5, 5.41) is 4.72. The fourth-order valence-corrected chi connectivity index (χ4v) is 3.13. The first kappa shape index (κ1) is 13.8. The Hall–Kier alpha value is -2.14. The largest absolute Gasteiger partial charge is 0.338 e. The number of hydrogen-bond acceptors (Lipinski definition) is 3. The van der Waals surface area contributed by atoms with E-state index in [4.69, 9.17) is 0 Å². The van der Waals surface area contributed by atoms with Crippen LogP contribution >= 0.6 is 11.3 Å². The van der Waals surface area contributed by atoms with Crippen molar-refractivity contribution in [3.8, 4) is 0 Å². The maximum atomic E-state index is 12.1. The average molecular weight is 299 g/mol. The lowest BCUT2D eigenvalue weighted by molar-refractivity contribution is -0.116. The summed E-state index contributed by atoms with van der Waals surface area (Å²) in [4.78, 5) is 17.5. The van der Waals surface area contributed by atoms with E-state index in [2.05, 4.69) is 36.3 Å². The summed E-state index contributed by atoms with van der Waals surface area (Å²) in [6, 6.07) is 8.18. The SMILES string of the molecule is CCc1cnc(NC(=O)Cn2ccc3c(C)cccc32)s1. The minimum Gasteiger partial charge on any atom is -0.338 e. The fourth-order valence-electron chi connectivity index (χ4n) is 2.36. The van der Waals surface area contributed by atoms with Crippen molar-refractivity contribution in [1.29, 1.82) is 0 Å². The maximum Gasteiger partial charge on any atom is 0.246 e. The molecular formula is C16H17N3OS. The van der Waals surface area contributed by atoms with Crippen LogP contribution < -0.4 is 5.32 Å². The molecule has 1 aromatic carbocycles. The van der Waals surface area contributed by atoms with E-state index in [1.807, 2.05) is 29.1 Å². The number of aromatic nitrogens is 2. The van der Waals surface area contributed by atoms with Gasteiger partial charge in [0.2, 0.25) is 5.91 Å². The predicted molar refractivity (Wildman–Crippen MR) is 86.8 cm³/mol. The Kier molecular flexibility index (Phi) is 3.75. The lowest BCUT2D eigenvalue weighted by Crippen LogP contribution is -2.18. The third kappa shape index (κ3) is 2.83. The number of carbonyl (C=O) groups excluding carboxylic acids is 1. The number of rotatable bonds is 4. The lowest BCUT2D eigenvalue weighted by atomic mass is 10.1. The zero-order chi connectivity index (χ0) is 14.8. The van der Waals surface area contributed by atoms with Crippen molar-refractivity contribution in [1.82, 2.24) is 9.55 Å². The predicted octanol–water partition coefficient (Wildman–Crippen LogP) is 3.61. The van der Waals surface area contributed by atoms with E-state index >= 15 is 0 Å². The molecule has 2 heterocycles. The number of anilines is 1. The highest BCUT2D eigenvalue weighted by Gasteiger charge is 2.09. The van der Waals surface area contributed by atoms with Crippen molar-refractivity contribution in [3.05, 3.63) is 47.1 Å². The summed E-state index contributed by atoms with van der Waals surface area (Å²) in [7, 11) is 0. The molecule has 4 nitrogen and oxygen atoms in total. The molecule has 0 saturated heterocycles. The molecule has 0 fully saturated rings. The van der Waals surface area contributed by atoms with Crippen LogP contribution in [-0.4, -0.2) is 15.5 Å². The third-order valence-corrected chi connectivity index (χ3v) is 4.55. The number of nitrogens with one attached hydrogen (secondary N) is 1. The first-order valence-electron chi connectivity index (χ1n) is 6.96. The van der Waals surface area contributed by atoms with Crippen molar-refractivity contribution in [2.45, 2.75) is 26.8 Å². The molecule has 0 spiro atoms. The molecule has 0 aliphatic carbocycles. The summed E-state index contributed by atoms with van der Waals surface area (Å²) < 4.78 is 1.96. The molecule has 1 N–H and O–H groups in total. The van der Waals surface area contributed by atoms with E-state index < -0.39 is 0 Å². The number of carbonyl (C=O) groups is 1. The summed E-state index contributed by atoms with van der Waals surface area (Å²) in [5.41, 5.74) is 2.30. The molecule has 0 saturated carbocycles. The highest BCUT2D eigenvalue weighted by atomic mass is 32.1. The van der Waals surface area contributed by atoms with Crippen LogP contribution in [-0.2, 0) is 17.8 Å². The number of hydrogen-bond donors (Lipinski definition) is 1. The molecule has 0 aliphatic heterocycles. The van der Waals surface area contributed by atoms with E-state index in [0.29, 0.717) is 11.7 Å². The Morgan fingerprint density at radius 1 is 1.38 bits per heavy atom. The summed E-state index contributed by atoms with van der Waals surface area (Å²) in [6.45, 7) is 4.45. The second-order valence-corrected chi connectivity index (χ2v) is 6.10. The smallest absolute Gasteiger partial charge is 0.246 e. The van der Waals surface area contributed by atoms with Gasteiger partial charge in [0.25, 0.3) is 0 Å². The second kappa shape index (κ2) is 5.69. The molecule has 108 valence electrons. The van der Waals surface area contributed by atoms with E-state index in [1.54, 1.807) is 0 Å². The van der Waals surface area contributed by atoms with Gasteiger partial charge in [-0.2, -0.15) is 0 Å². The monoisotopic (exact) mass is 299 g/mol. The minimum absolute atomic E-state index is 0.0500. The molecule has 0 atom stereocenters. The first-order chi connectivity index (χ1) is 10.2. The molecule has 0 unspecified atom stereocenters. The molecule has 0 aliphatic rings. The molecule has 21 heavy (non-hydrogen) atoms. The van der Waals surface area contributed by atoms with Gasteiger partial charge in [-0.25, -0.2) is 4.98 Å². The van der Waals surface area contributed by atoms with Crippen LogP contribution in [0, 0.1) is 6.92 Å². The van der Waals surface area contributed by atoms with E-state index in [-0.39, 0.29) is 5.91 Å². The molecule has 2 aromatic heterocycles. The number of amides is 1. The van der Waals surface area contributed by atoms with Crippen molar-refractivity contribution < 1.29 is 4.79 Å². The van der Waals surface area contributed by atoms with E-state index in [1.165, 1.54) is 27.2 Å². The Balaban J connectivity index is 1.75. The molecule has 3 rings (SSSR count). The van der Waals surface area contributed by atoms with Crippen LogP contribution in [0.15, 0.2) is 36.7 Å². The van der Waals surface area contributed by atoms with Gasteiger partial charge >= 0.3 is 0 Å². The Labute approximate surface area is 127 Å². The van der Waals surface area contributed by atoms with Crippen molar-refractivity contribution in [2.75, 3.05) is 5.32 Å². The Morgan fingerprint density at radius 3 is 3.00 bits per heavy atom. The number of benzene rings is 1. The number of fused-ring (bicyclic) bond motifs is 1. The Bertz CT molecular complexity index is 788. The fraction of sp³-hybridized carbons (Fsp3) is 0.250. The van der Waals surface area contributed by atoms with E-state index in [0.717, 1.165) is 11.9 Å². The van der Waals surface area contributed by atoms with Crippen molar-refractivity contribution >= 4 is 33.3 Å². The van der Waals surface area contributed by atoms with Crippen molar-refractivity contribution in [3.63, 3.8) is 0 Å². The van der Waals surface area contributed by atoms with Crippen LogP contribution in [0.3, 0.4) is 0 Å². The zero-order valence-corrected chi connectivity index (χ0v) is 12.9. The number of thiazole rings is 1. The van der Waals surface area contributed by atoms with Crippen molar-refractivity contribution in [2.24, 2.45) is 0 Å². The average Bonchev–Trinajstić information content (AvgIpc) is 3.07. The normalized spacial score (nSPS) is 11.0. The van der Waals surface area contributed by atoms with Gasteiger partial charge in [-0.15, -0.1) is 11.3 Å². The van der Waals surface area contributed by atoms with Gasteiger partial charge in [-0.1, -0.05) is 19.1 Å². The quantitative estimate of drug-likeness (QED) is 0.800. The highest BCUT2D eigenvalue weighted by molar-refractivity contribution is 7.15. The maximum absolute atomic E-state index is 12.1. The van der Waals surface area contributed by atoms with Crippen LogP contribution in [0.2, 0.25) is 0 Å². The molecule has 0 bridgehead atoms. The van der Waals surface area contributed by atoms with Gasteiger partial charge in [0, 0.05) is 28.2 Å². The highest BCUT2D eigenvalue weighted by Crippen LogP contribution is 2.21. The number of aryl methyl sites for hydroxylation is 2. The number of nitrogens with zero attached hydrogens (tertiary/aromatic N) is 2. The van der Waals surface area contributed by atoms with E-state index in [9.17, 15) is 4.79 Å². The van der Waals surface area contributed by atoms with Crippen LogP contribution in [0.5, 0.6) is 0 Å². The molecule has 5 heteroatoms. The van der Waals surface area contributed by atoms with Gasteiger partial charge in [0.1, 0.15) is 6.54 Å². The van der Waals surface area contributed by atoms with Crippen LogP contribution in [0.25, 0.3) is 10.9 Å². The Morgan fingerprint density at radius 2 is 2.24 bits per heavy atom. The molecule has 3 aromatic rings. The minimum atomic E-state index is -0.0500. The first-order valence-corrected chi connectivity index (χ1v) is 7.78. The standard InChI is InChI=1S/C16H17N3OS/c1-3-12-9-17-16(21-12)18-15(20)10-19-8-7-13-11(2)5-4-6-14(13)19/h4-9H,3,10H2,1-2H3,(H,17,18,20). The van der Waals surface area contributed by atoms with Gasteiger partial charge < -0.3 is 9.88 Å². The summed E-state index contributed by atoms with van der Waals surface area (Å²) in [5.74, 6) is -0.0500. The van der Waals surface area contributed by atoms with Crippen LogP contribution in [0.1, 0.15) is 17.4 Å². The summed E-state index contributed by atoms with van der Waals surface area (Å²) in [6.07, 6.45) is 4.71. The lowest BCUT2D eigenvalue weighted by Gasteiger charge is -2.05.